The highest BCUT2D eigenvalue weighted by atomic mass is 127. The molecule has 1 rings (SSSR count). The highest BCUT2D eigenvalue weighted by Crippen LogP contribution is 2.13. The van der Waals surface area contributed by atoms with Gasteiger partial charge in [-0.1, -0.05) is 0 Å². The van der Waals surface area contributed by atoms with Gasteiger partial charge in [0, 0.05) is 3.57 Å². The Balaban J connectivity index is 2.38. The molecule has 1 aromatic carbocycles. The van der Waals surface area contributed by atoms with Crippen LogP contribution in [0.3, 0.4) is 0 Å². The van der Waals surface area contributed by atoms with Crippen LogP contribution >= 0.6 is 22.6 Å². The Morgan fingerprint density at radius 2 is 2.00 bits per heavy atom. The standard InChI is InChI=1S/C10H11IO3/c1-2-13-10(12)7-14-9-5-3-8(11)4-6-9/h3-6H,2,7H2,1H3. The number of esters is 1. The first-order valence-electron chi connectivity index (χ1n) is 4.26. The predicted molar refractivity (Wildman–Crippen MR) is 61.3 cm³/mol. The number of hydrogen-bond donors (Lipinski definition) is 0. The SMILES string of the molecule is CCOC(=O)COc1ccc(I)cc1. The summed E-state index contributed by atoms with van der Waals surface area (Å²) in [5, 5.41) is 0. The lowest BCUT2D eigenvalue weighted by Gasteiger charge is -2.05. The van der Waals surface area contributed by atoms with Crippen molar-refractivity contribution in [3.05, 3.63) is 27.8 Å². The summed E-state index contributed by atoms with van der Waals surface area (Å²) in [7, 11) is 0. The second-order valence-corrected chi connectivity index (χ2v) is 3.79. The van der Waals surface area contributed by atoms with Gasteiger partial charge < -0.3 is 9.47 Å². The highest BCUT2D eigenvalue weighted by Gasteiger charge is 2.02. The average molecular weight is 306 g/mol. The molecule has 14 heavy (non-hydrogen) atoms. The molecule has 0 heterocycles. The van der Waals surface area contributed by atoms with E-state index in [9.17, 15) is 4.79 Å². The van der Waals surface area contributed by atoms with Gasteiger partial charge in [-0.25, -0.2) is 4.79 Å². The molecule has 0 unspecified atom stereocenters. The van der Waals surface area contributed by atoms with E-state index >= 15 is 0 Å². The van der Waals surface area contributed by atoms with E-state index in [4.69, 9.17) is 9.47 Å². The zero-order chi connectivity index (χ0) is 10.4. The first kappa shape index (κ1) is 11.3. The van der Waals surface area contributed by atoms with E-state index in [2.05, 4.69) is 22.6 Å². The van der Waals surface area contributed by atoms with Crippen LogP contribution < -0.4 is 4.74 Å². The van der Waals surface area contributed by atoms with Gasteiger partial charge in [0.2, 0.25) is 0 Å². The number of hydrogen-bond acceptors (Lipinski definition) is 3. The summed E-state index contributed by atoms with van der Waals surface area (Å²) in [5.74, 6) is 0.338. The van der Waals surface area contributed by atoms with Gasteiger partial charge in [0.15, 0.2) is 6.61 Å². The third kappa shape index (κ3) is 3.95. The molecule has 0 aliphatic heterocycles. The summed E-state index contributed by atoms with van der Waals surface area (Å²) in [4.78, 5) is 10.9. The minimum absolute atomic E-state index is 0.0333. The van der Waals surface area contributed by atoms with Crippen LogP contribution in [0.4, 0.5) is 0 Å². The van der Waals surface area contributed by atoms with Gasteiger partial charge in [0.1, 0.15) is 5.75 Å². The molecule has 0 N–H and O–H groups in total. The maximum Gasteiger partial charge on any atom is 0.344 e. The monoisotopic (exact) mass is 306 g/mol. The van der Waals surface area contributed by atoms with E-state index in [1.54, 1.807) is 6.92 Å². The average Bonchev–Trinajstić information content (AvgIpc) is 2.17. The van der Waals surface area contributed by atoms with Gasteiger partial charge in [0.25, 0.3) is 0 Å². The summed E-state index contributed by atoms with van der Waals surface area (Å²) in [5.41, 5.74) is 0. The molecule has 0 spiro atoms. The van der Waals surface area contributed by atoms with Crippen molar-refractivity contribution in [2.45, 2.75) is 6.92 Å². The second kappa shape index (κ2) is 5.85. The van der Waals surface area contributed by atoms with Crippen molar-refractivity contribution in [1.82, 2.24) is 0 Å². The molecule has 0 saturated carbocycles. The fraction of sp³-hybridized carbons (Fsp3) is 0.300. The number of halogens is 1. The zero-order valence-corrected chi connectivity index (χ0v) is 9.98. The van der Waals surface area contributed by atoms with Crippen molar-refractivity contribution in [2.75, 3.05) is 13.2 Å². The molecule has 76 valence electrons. The summed E-state index contributed by atoms with van der Waals surface area (Å²) in [6, 6.07) is 7.48. The van der Waals surface area contributed by atoms with Crippen LogP contribution in [0, 0.1) is 3.57 Å². The molecule has 3 nitrogen and oxygen atoms in total. The van der Waals surface area contributed by atoms with E-state index in [0.717, 1.165) is 3.57 Å². The van der Waals surface area contributed by atoms with Gasteiger partial charge in [-0.05, 0) is 53.8 Å². The van der Waals surface area contributed by atoms with Crippen molar-refractivity contribution >= 4 is 28.6 Å². The molecule has 0 saturated heterocycles. The Kier molecular flexibility index (Phi) is 4.72. The topological polar surface area (TPSA) is 35.5 Å². The van der Waals surface area contributed by atoms with E-state index in [1.165, 1.54) is 0 Å². The molecule has 0 fully saturated rings. The van der Waals surface area contributed by atoms with Crippen LogP contribution in [0.2, 0.25) is 0 Å². The third-order valence-corrected chi connectivity index (χ3v) is 2.19. The van der Waals surface area contributed by atoms with Crippen molar-refractivity contribution in [3.8, 4) is 5.75 Å². The number of carbonyl (C=O) groups excluding carboxylic acids is 1. The Hall–Kier alpha value is -0.780. The molecule has 4 heteroatoms. The highest BCUT2D eigenvalue weighted by molar-refractivity contribution is 14.1. The van der Waals surface area contributed by atoms with E-state index in [0.29, 0.717) is 12.4 Å². The summed E-state index contributed by atoms with van der Waals surface area (Å²) >= 11 is 2.20. The molecular formula is C10H11IO3. The quantitative estimate of drug-likeness (QED) is 0.632. The van der Waals surface area contributed by atoms with Crippen LogP contribution in [0.5, 0.6) is 5.75 Å². The smallest absolute Gasteiger partial charge is 0.344 e. The third-order valence-electron chi connectivity index (χ3n) is 1.48. The lowest BCUT2D eigenvalue weighted by Crippen LogP contribution is -2.14. The van der Waals surface area contributed by atoms with Gasteiger partial charge in [-0.2, -0.15) is 0 Å². The summed E-state index contributed by atoms with van der Waals surface area (Å²) < 4.78 is 11.0. The number of benzene rings is 1. The molecule has 0 bridgehead atoms. The Morgan fingerprint density at radius 3 is 2.57 bits per heavy atom. The van der Waals surface area contributed by atoms with Crippen molar-refractivity contribution < 1.29 is 14.3 Å². The van der Waals surface area contributed by atoms with Crippen molar-refractivity contribution in [1.29, 1.82) is 0 Å². The second-order valence-electron chi connectivity index (χ2n) is 2.55. The van der Waals surface area contributed by atoms with Gasteiger partial charge in [0.05, 0.1) is 6.61 Å². The minimum Gasteiger partial charge on any atom is -0.482 e. The molecule has 0 radical (unpaired) electrons. The first-order chi connectivity index (χ1) is 6.72. The first-order valence-corrected chi connectivity index (χ1v) is 5.34. The molecule has 1 aromatic rings. The Morgan fingerprint density at radius 1 is 1.36 bits per heavy atom. The minimum atomic E-state index is -0.342. The predicted octanol–water partition coefficient (Wildman–Crippen LogP) is 2.23. The molecule has 0 aliphatic carbocycles. The fourth-order valence-electron chi connectivity index (χ4n) is 0.876. The molecule has 0 aromatic heterocycles. The summed E-state index contributed by atoms with van der Waals surface area (Å²) in [6.45, 7) is 2.12. The number of carbonyl (C=O) groups is 1. The normalized spacial score (nSPS) is 9.57. The van der Waals surface area contributed by atoms with Crippen LogP contribution in [0.25, 0.3) is 0 Å². The van der Waals surface area contributed by atoms with Gasteiger partial charge in [-0.3, -0.25) is 0 Å². The van der Waals surface area contributed by atoms with E-state index in [-0.39, 0.29) is 12.6 Å². The van der Waals surface area contributed by atoms with Crippen LogP contribution in [0.1, 0.15) is 6.92 Å². The Bertz CT molecular complexity index is 295. The number of rotatable bonds is 4. The number of ether oxygens (including phenoxy) is 2. The summed E-state index contributed by atoms with van der Waals surface area (Å²) in [6.07, 6.45) is 0. The van der Waals surface area contributed by atoms with E-state index in [1.807, 2.05) is 24.3 Å². The van der Waals surface area contributed by atoms with Gasteiger partial charge >= 0.3 is 5.97 Å². The van der Waals surface area contributed by atoms with Crippen LogP contribution in [-0.2, 0) is 9.53 Å². The van der Waals surface area contributed by atoms with Crippen molar-refractivity contribution in [3.63, 3.8) is 0 Å². The molecule has 0 aliphatic rings. The molecular weight excluding hydrogens is 295 g/mol. The maximum absolute atomic E-state index is 10.9. The molecule has 0 atom stereocenters. The lowest BCUT2D eigenvalue weighted by atomic mass is 10.3. The van der Waals surface area contributed by atoms with Crippen LogP contribution in [0.15, 0.2) is 24.3 Å². The largest absolute Gasteiger partial charge is 0.482 e. The zero-order valence-electron chi connectivity index (χ0n) is 7.83. The van der Waals surface area contributed by atoms with E-state index < -0.39 is 0 Å². The fourth-order valence-corrected chi connectivity index (χ4v) is 1.24. The van der Waals surface area contributed by atoms with Crippen molar-refractivity contribution in [2.24, 2.45) is 0 Å². The molecule has 0 amide bonds. The lowest BCUT2D eigenvalue weighted by molar-refractivity contribution is -0.145. The Labute approximate surface area is 96.5 Å². The maximum atomic E-state index is 10.9. The van der Waals surface area contributed by atoms with Crippen LogP contribution in [-0.4, -0.2) is 19.2 Å². The van der Waals surface area contributed by atoms with Gasteiger partial charge in [-0.15, -0.1) is 0 Å².